The number of carbonyl (C=O) groups is 2. The van der Waals surface area contributed by atoms with Crippen LogP contribution in [0, 0.1) is 6.92 Å². The van der Waals surface area contributed by atoms with Crippen LogP contribution in [0.2, 0.25) is 0 Å². The van der Waals surface area contributed by atoms with Crippen LogP contribution in [-0.4, -0.2) is 24.9 Å². The van der Waals surface area contributed by atoms with Gasteiger partial charge in [-0.3, -0.25) is 9.59 Å². The molecule has 0 spiro atoms. The molecule has 0 bridgehead atoms. The highest BCUT2D eigenvalue weighted by Crippen LogP contribution is 2.33. The first-order valence-corrected chi connectivity index (χ1v) is 7.37. The summed E-state index contributed by atoms with van der Waals surface area (Å²) in [6.45, 7) is 4.35. The lowest BCUT2D eigenvalue weighted by Crippen LogP contribution is -2.18. The Balaban J connectivity index is 1.81. The summed E-state index contributed by atoms with van der Waals surface area (Å²) in [5.74, 6) is 1.01. The number of aryl methyl sites for hydroxylation is 1. The number of nitrogens with one attached hydrogen (secondary N) is 1. The van der Waals surface area contributed by atoms with E-state index in [9.17, 15) is 9.59 Å². The molecular weight excluding hydrogens is 294 g/mol. The number of benzene rings is 2. The predicted molar refractivity (Wildman–Crippen MR) is 86.6 cm³/mol. The Morgan fingerprint density at radius 3 is 2.22 bits per heavy atom. The number of ether oxygens (including phenoxy) is 2. The van der Waals surface area contributed by atoms with E-state index in [0.29, 0.717) is 41.5 Å². The van der Waals surface area contributed by atoms with Crippen molar-refractivity contribution in [2.45, 2.75) is 13.8 Å². The molecule has 1 amide bonds. The molecule has 0 radical (unpaired) electrons. The molecule has 0 saturated heterocycles. The second kappa shape index (κ2) is 6.12. The second-order valence-corrected chi connectivity index (χ2v) is 5.40. The van der Waals surface area contributed by atoms with Gasteiger partial charge in [-0.2, -0.15) is 0 Å². The zero-order valence-electron chi connectivity index (χ0n) is 13.0. The van der Waals surface area contributed by atoms with Gasteiger partial charge in [-0.05, 0) is 55.8 Å². The lowest BCUT2D eigenvalue weighted by atomic mass is 10.1. The topological polar surface area (TPSA) is 64.6 Å². The number of ketones is 1. The van der Waals surface area contributed by atoms with Crippen LogP contribution >= 0.6 is 0 Å². The van der Waals surface area contributed by atoms with E-state index in [1.54, 1.807) is 30.3 Å². The summed E-state index contributed by atoms with van der Waals surface area (Å²) in [7, 11) is 0. The highest BCUT2D eigenvalue weighted by Gasteiger charge is 2.18. The third-order valence-corrected chi connectivity index (χ3v) is 3.68. The number of anilines is 1. The maximum absolute atomic E-state index is 12.5. The van der Waals surface area contributed by atoms with Crippen molar-refractivity contribution in [3.8, 4) is 11.5 Å². The van der Waals surface area contributed by atoms with Gasteiger partial charge in [0.2, 0.25) is 0 Å². The highest BCUT2D eigenvalue weighted by atomic mass is 16.6. The van der Waals surface area contributed by atoms with Crippen LogP contribution < -0.4 is 14.8 Å². The monoisotopic (exact) mass is 311 g/mol. The van der Waals surface area contributed by atoms with E-state index in [4.69, 9.17) is 9.47 Å². The smallest absolute Gasteiger partial charge is 0.256 e. The maximum atomic E-state index is 12.5. The van der Waals surface area contributed by atoms with Crippen molar-refractivity contribution < 1.29 is 19.1 Å². The Morgan fingerprint density at radius 1 is 1.00 bits per heavy atom. The van der Waals surface area contributed by atoms with Crippen molar-refractivity contribution in [2.24, 2.45) is 0 Å². The van der Waals surface area contributed by atoms with Crippen molar-refractivity contribution in [1.82, 2.24) is 0 Å². The van der Waals surface area contributed by atoms with E-state index < -0.39 is 0 Å². The van der Waals surface area contributed by atoms with Crippen LogP contribution in [0.3, 0.4) is 0 Å². The summed E-state index contributed by atoms with van der Waals surface area (Å²) >= 11 is 0. The minimum atomic E-state index is -0.227. The number of hydrogen-bond donors (Lipinski definition) is 1. The summed E-state index contributed by atoms with van der Waals surface area (Å²) in [4.78, 5) is 23.7. The molecule has 5 heteroatoms. The fourth-order valence-electron chi connectivity index (χ4n) is 2.42. The SMILES string of the molecule is CC(=O)c1ccc(NC(=O)c2cc3c(cc2C)OCCO3)cc1. The van der Waals surface area contributed by atoms with Gasteiger partial charge in [0.1, 0.15) is 13.2 Å². The number of amides is 1. The van der Waals surface area contributed by atoms with Gasteiger partial charge in [-0.15, -0.1) is 0 Å². The number of hydrogen-bond acceptors (Lipinski definition) is 4. The number of fused-ring (bicyclic) bond motifs is 1. The molecule has 23 heavy (non-hydrogen) atoms. The Morgan fingerprint density at radius 2 is 1.61 bits per heavy atom. The van der Waals surface area contributed by atoms with Crippen LogP contribution in [0.1, 0.15) is 33.2 Å². The van der Waals surface area contributed by atoms with E-state index in [2.05, 4.69) is 5.32 Å². The molecule has 0 aromatic heterocycles. The molecule has 0 fully saturated rings. The van der Waals surface area contributed by atoms with Crippen LogP contribution in [0.15, 0.2) is 36.4 Å². The van der Waals surface area contributed by atoms with Crippen LogP contribution in [0.25, 0.3) is 0 Å². The fourth-order valence-corrected chi connectivity index (χ4v) is 2.42. The zero-order chi connectivity index (χ0) is 16.4. The van der Waals surface area contributed by atoms with Gasteiger partial charge in [0.25, 0.3) is 5.91 Å². The average molecular weight is 311 g/mol. The molecule has 5 nitrogen and oxygen atoms in total. The molecule has 2 aromatic carbocycles. The van der Waals surface area contributed by atoms with Gasteiger partial charge in [0.05, 0.1) is 0 Å². The van der Waals surface area contributed by atoms with Crippen molar-refractivity contribution in [3.05, 3.63) is 53.1 Å². The molecule has 1 heterocycles. The predicted octanol–water partition coefficient (Wildman–Crippen LogP) is 3.22. The van der Waals surface area contributed by atoms with Gasteiger partial charge in [0.15, 0.2) is 17.3 Å². The summed E-state index contributed by atoms with van der Waals surface area (Å²) in [6.07, 6.45) is 0. The Bertz CT molecular complexity index is 765. The molecule has 1 aliphatic rings. The molecule has 0 saturated carbocycles. The first-order chi connectivity index (χ1) is 11.0. The minimum absolute atomic E-state index is 0.00874. The normalized spacial score (nSPS) is 12.6. The highest BCUT2D eigenvalue weighted by molar-refractivity contribution is 6.06. The molecular formula is C18H17NO4. The van der Waals surface area contributed by atoms with Crippen LogP contribution in [0.4, 0.5) is 5.69 Å². The molecule has 0 atom stereocenters. The molecule has 1 aliphatic heterocycles. The number of Topliss-reactive ketones (excluding diaryl/α,β-unsaturated/α-hetero) is 1. The second-order valence-electron chi connectivity index (χ2n) is 5.40. The molecule has 3 rings (SSSR count). The number of rotatable bonds is 3. The first-order valence-electron chi connectivity index (χ1n) is 7.37. The molecule has 0 unspecified atom stereocenters. The van der Waals surface area contributed by atoms with E-state index in [1.165, 1.54) is 6.92 Å². The van der Waals surface area contributed by atoms with Crippen LogP contribution in [-0.2, 0) is 0 Å². The minimum Gasteiger partial charge on any atom is -0.486 e. The van der Waals surface area contributed by atoms with E-state index in [1.807, 2.05) is 13.0 Å². The van der Waals surface area contributed by atoms with Crippen molar-refractivity contribution >= 4 is 17.4 Å². The lowest BCUT2D eigenvalue weighted by molar-refractivity contribution is 0.101. The van der Waals surface area contributed by atoms with Crippen molar-refractivity contribution in [2.75, 3.05) is 18.5 Å². The Kier molecular flexibility index (Phi) is 4.02. The van der Waals surface area contributed by atoms with Gasteiger partial charge in [0, 0.05) is 16.8 Å². The maximum Gasteiger partial charge on any atom is 0.256 e. The van der Waals surface area contributed by atoms with E-state index >= 15 is 0 Å². The van der Waals surface area contributed by atoms with Gasteiger partial charge in [-0.1, -0.05) is 0 Å². The first kappa shape index (κ1) is 15.1. The molecule has 118 valence electrons. The van der Waals surface area contributed by atoms with Gasteiger partial charge in [-0.25, -0.2) is 0 Å². The third-order valence-electron chi connectivity index (χ3n) is 3.68. The van der Waals surface area contributed by atoms with Crippen molar-refractivity contribution in [1.29, 1.82) is 0 Å². The number of carbonyl (C=O) groups excluding carboxylic acids is 2. The Hall–Kier alpha value is -2.82. The molecule has 1 N–H and O–H groups in total. The van der Waals surface area contributed by atoms with Gasteiger partial charge < -0.3 is 14.8 Å². The largest absolute Gasteiger partial charge is 0.486 e. The summed E-state index contributed by atoms with van der Waals surface area (Å²) in [5.41, 5.74) is 2.59. The van der Waals surface area contributed by atoms with Crippen LogP contribution in [0.5, 0.6) is 11.5 Å². The third kappa shape index (κ3) is 3.18. The Labute approximate surface area is 134 Å². The lowest BCUT2D eigenvalue weighted by Gasteiger charge is -2.20. The van der Waals surface area contributed by atoms with E-state index in [0.717, 1.165) is 5.56 Å². The summed E-state index contributed by atoms with van der Waals surface area (Å²) in [5, 5.41) is 2.83. The molecule has 2 aromatic rings. The zero-order valence-corrected chi connectivity index (χ0v) is 13.0. The van der Waals surface area contributed by atoms with E-state index in [-0.39, 0.29) is 11.7 Å². The summed E-state index contributed by atoms with van der Waals surface area (Å²) in [6, 6.07) is 10.3. The fraction of sp³-hybridized carbons (Fsp3) is 0.222. The molecule has 0 aliphatic carbocycles. The summed E-state index contributed by atoms with van der Waals surface area (Å²) < 4.78 is 11.0. The van der Waals surface area contributed by atoms with Gasteiger partial charge >= 0.3 is 0 Å². The average Bonchev–Trinajstić information content (AvgIpc) is 2.54. The van der Waals surface area contributed by atoms with Crippen molar-refractivity contribution in [3.63, 3.8) is 0 Å². The quantitative estimate of drug-likeness (QED) is 0.884. The standard InChI is InChI=1S/C18H17NO4/c1-11-9-16-17(23-8-7-22-16)10-15(11)18(21)19-14-5-3-13(4-6-14)12(2)20/h3-6,9-10H,7-8H2,1-2H3,(H,19,21).